The minimum absolute atomic E-state index is 0.0601. The number of ether oxygens (including phenoxy) is 1. The van der Waals surface area contributed by atoms with Gasteiger partial charge in [0.15, 0.2) is 5.16 Å². The van der Waals surface area contributed by atoms with Crippen LogP contribution in [0.25, 0.3) is 5.69 Å². The fraction of sp³-hybridized carbons (Fsp3) is 0.250. The highest BCUT2D eigenvalue weighted by Gasteiger charge is 2.14. The Morgan fingerprint density at radius 1 is 1.50 bits per heavy atom. The van der Waals surface area contributed by atoms with Gasteiger partial charge in [0.2, 0.25) is 0 Å². The van der Waals surface area contributed by atoms with Crippen LogP contribution >= 0.6 is 27.7 Å². The molecule has 0 spiro atoms. The maximum absolute atomic E-state index is 10.7. The molecule has 0 fully saturated rings. The number of hydrogen-bond donors (Lipinski definition) is 1. The number of carboxylic acid groups (broad SMARTS) is 1. The van der Waals surface area contributed by atoms with E-state index in [2.05, 4.69) is 26.1 Å². The number of rotatable bonds is 5. The third kappa shape index (κ3) is 3.13. The second-order valence-electron chi connectivity index (χ2n) is 3.87. The minimum atomic E-state index is -0.891. The summed E-state index contributed by atoms with van der Waals surface area (Å²) in [7, 11) is 1.60. The molecule has 106 valence electrons. The van der Waals surface area contributed by atoms with Crippen molar-refractivity contribution in [2.45, 2.75) is 12.1 Å². The van der Waals surface area contributed by atoms with E-state index < -0.39 is 5.97 Å². The van der Waals surface area contributed by atoms with Gasteiger partial charge >= 0.3 is 5.97 Å². The summed E-state index contributed by atoms with van der Waals surface area (Å²) < 4.78 is 7.80. The van der Waals surface area contributed by atoms with Crippen LogP contribution in [0.3, 0.4) is 0 Å². The molecule has 0 aliphatic rings. The molecular weight excluding hydrogens is 346 g/mol. The molecule has 1 aromatic carbocycles. The zero-order valence-corrected chi connectivity index (χ0v) is 13.2. The van der Waals surface area contributed by atoms with Gasteiger partial charge in [0.1, 0.15) is 11.6 Å². The molecule has 0 aliphatic carbocycles. The summed E-state index contributed by atoms with van der Waals surface area (Å²) in [6.45, 7) is 1.82. The number of aryl methyl sites for hydroxylation is 1. The van der Waals surface area contributed by atoms with E-state index in [0.29, 0.717) is 11.0 Å². The van der Waals surface area contributed by atoms with Crippen molar-refractivity contribution in [1.29, 1.82) is 0 Å². The van der Waals surface area contributed by atoms with Crippen LogP contribution in [0.15, 0.2) is 27.8 Å². The van der Waals surface area contributed by atoms with Gasteiger partial charge in [-0.2, -0.15) is 0 Å². The standard InChI is InChI=1S/C12H12BrN3O3S/c1-7-14-15-12(20-6-11(17)18)16(7)8-3-4-10(19-2)9(13)5-8/h3-5H,6H2,1-2H3,(H,17,18). The lowest BCUT2D eigenvalue weighted by Crippen LogP contribution is -2.03. The van der Waals surface area contributed by atoms with E-state index >= 15 is 0 Å². The first kappa shape index (κ1) is 14.9. The third-order valence-electron chi connectivity index (χ3n) is 2.51. The average molecular weight is 358 g/mol. The maximum Gasteiger partial charge on any atom is 0.313 e. The first-order valence-electron chi connectivity index (χ1n) is 5.63. The maximum atomic E-state index is 10.7. The fourth-order valence-electron chi connectivity index (χ4n) is 1.65. The van der Waals surface area contributed by atoms with Crippen molar-refractivity contribution in [3.63, 3.8) is 0 Å². The molecule has 2 aromatic rings. The minimum Gasteiger partial charge on any atom is -0.496 e. The number of nitrogens with zero attached hydrogens (tertiary/aromatic N) is 3. The highest BCUT2D eigenvalue weighted by atomic mass is 79.9. The SMILES string of the molecule is COc1ccc(-n2c(C)nnc2SCC(=O)O)cc1Br. The van der Waals surface area contributed by atoms with Crippen LogP contribution in [0, 0.1) is 6.92 Å². The van der Waals surface area contributed by atoms with Crippen molar-refractivity contribution in [3.05, 3.63) is 28.5 Å². The number of hydrogen-bond acceptors (Lipinski definition) is 5. The Hall–Kier alpha value is -1.54. The first-order valence-corrected chi connectivity index (χ1v) is 7.41. The van der Waals surface area contributed by atoms with E-state index in [0.717, 1.165) is 27.7 Å². The van der Waals surface area contributed by atoms with Gasteiger partial charge in [-0.05, 0) is 41.1 Å². The van der Waals surface area contributed by atoms with Crippen LogP contribution in [-0.4, -0.2) is 38.7 Å². The summed E-state index contributed by atoms with van der Waals surface area (Å²) in [5, 5.41) is 17.3. The van der Waals surface area contributed by atoms with E-state index in [1.165, 1.54) is 0 Å². The lowest BCUT2D eigenvalue weighted by Gasteiger charge is -2.10. The number of aliphatic carboxylic acids is 1. The molecule has 2 rings (SSSR count). The van der Waals surface area contributed by atoms with Crippen molar-refractivity contribution < 1.29 is 14.6 Å². The van der Waals surface area contributed by atoms with Crippen LogP contribution in [0.5, 0.6) is 5.75 Å². The quantitative estimate of drug-likeness (QED) is 0.828. The topological polar surface area (TPSA) is 77.2 Å². The molecule has 1 heterocycles. The molecule has 0 saturated carbocycles. The van der Waals surface area contributed by atoms with Crippen molar-refractivity contribution >= 4 is 33.7 Å². The summed E-state index contributed by atoms with van der Waals surface area (Å²) in [6.07, 6.45) is 0. The van der Waals surface area contributed by atoms with Crippen LogP contribution in [0.4, 0.5) is 0 Å². The molecule has 20 heavy (non-hydrogen) atoms. The lowest BCUT2D eigenvalue weighted by molar-refractivity contribution is -0.133. The van der Waals surface area contributed by atoms with E-state index in [1.54, 1.807) is 11.7 Å². The molecule has 0 atom stereocenters. The Bertz CT molecular complexity index is 645. The Labute approximate surface area is 128 Å². The largest absolute Gasteiger partial charge is 0.496 e. The second kappa shape index (κ2) is 6.27. The van der Waals surface area contributed by atoms with Crippen LogP contribution in [0.1, 0.15) is 5.82 Å². The molecule has 0 bridgehead atoms. The van der Waals surface area contributed by atoms with Crippen LogP contribution in [0.2, 0.25) is 0 Å². The number of aromatic nitrogens is 3. The number of carbonyl (C=O) groups is 1. The third-order valence-corrected chi connectivity index (χ3v) is 4.05. The molecule has 0 amide bonds. The van der Waals surface area contributed by atoms with Gasteiger partial charge in [-0.15, -0.1) is 10.2 Å². The Kier molecular flexibility index (Phi) is 4.66. The second-order valence-corrected chi connectivity index (χ2v) is 5.66. The molecular formula is C12H12BrN3O3S. The Balaban J connectivity index is 2.39. The molecule has 6 nitrogen and oxygen atoms in total. The average Bonchev–Trinajstić information content (AvgIpc) is 2.77. The van der Waals surface area contributed by atoms with Crippen LogP contribution in [-0.2, 0) is 4.79 Å². The Morgan fingerprint density at radius 2 is 2.25 bits per heavy atom. The van der Waals surface area contributed by atoms with E-state index in [-0.39, 0.29) is 5.75 Å². The zero-order chi connectivity index (χ0) is 14.7. The monoisotopic (exact) mass is 357 g/mol. The summed E-state index contributed by atoms with van der Waals surface area (Å²) in [5.41, 5.74) is 0.841. The number of thioether (sulfide) groups is 1. The normalized spacial score (nSPS) is 10.6. The van der Waals surface area contributed by atoms with E-state index in [4.69, 9.17) is 9.84 Å². The smallest absolute Gasteiger partial charge is 0.313 e. The number of methoxy groups -OCH3 is 1. The first-order chi connectivity index (χ1) is 9.52. The van der Waals surface area contributed by atoms with Crippen molar-refractivity contribution in [2.24, 2.45) is 0 Å². The van der Waals surface area contributed by atoms with Crippen molar-refractivity contribution in [2.75, 3.05) is 12.9 Å². The van der Waals surface area contributed by atoms with E-state index in [9.17, 15) is 4.79 Å². The van der Waals surface area contributed by atoms with Crippen LogP contribution < -0.4 is 4.74 Å². The highest BCUT2D eigenvalue weighted by molar-refractivity contribution is 9.10. The molecule has 0 radical (unpaired) electrons. The molecule has 1 N–H and O–H groups in total. The lowest BCUT2D eigenvalue weighted by atomic mass is 10.3. The van der Waals surface area contributed by atoms with Crippen molar-refractivity contribution in [1.82, 2.24) is 14.8 Å². The summed E-state index contributed by atoms with van der Waals surface area (Å²) >= 11 is 4.55. The van der Waals surface area contributed by atoms with Gasteiger partial charge in [0.05, 0.1) is 23.0 Å². The molecule has 1 aromatic heterocycles. The molecule has 0 unspecified atom stereocenters. The number of carboxylic acids is 1. The Morgan fingerprint density at radius 3 is 2.85 bits per heavy atom. The fourth-order valence-corrected chi connectivity index (χ4v) is 2.90. The van der Waals surface area contributed by atoms with Crippen molar-refractivity contribution in [3.8, 4) is 11.4 Å². The molecule has 0 aliphatic heterocycles. The van der Waals surface area contributed by atoms with Gasteiger partial charge < -0.3 is 9.84 Å². The van der Waals surface area contributed by atoms with Gasteiger partial charge in [-0.25, -0.2) is 0 Å². The van der Waals surface area contributed by atoms with Gasteiger partial charge in [0, 0.05) is 0 Å². The predicted octanol–water partition coefficient (Wildman–Crippen LogP) is 2.52. The number of benzene rings is 1. The number of halogens is 1. The van der Waals surface area contributed by atoms with Gasteiger partial charge in [0.25, 0.3) is 0 Å². The summed E-state index contributed by atoms with van der Waals surface area (Å²) in [4.78, 5) is 10.7. The molecule has 8 heteroatoms. The van der Waals surface area contributed by atoms with Gasteiger partial charge in [-0.3, -0.25) is 9.36 Å². The zero-order valence-electron chi connectivity index (χ0n) is 10.8. The highest BCUT2D eigenvalue weighted by Crippen LogP contribution is 2.29. The summed E-state index contributed by atoms with van der Waals surface area (Å²) in [6, 6.07) is 5.56. The summed E-state index contributed by atoms with van der Waals surface area (Å²) in [5.74, 6) is 0.461. The van der Waals surface area contributed by atoms with E-state index in [1.807, 2.05) is 25.1 Å². The van der Waals surface area contributed by atoms with Gasteiger partial charge in [-0.1, -0.05) is 11.8 Å². The molecule has 0 saturated heterocycles. The predicted molar refractivity (Wildman–Crippen MR) is 78.7 cm³/mol.